The van der Waals surface area contributed by atoms with Crippen molar-refractivity contribution in [2.75, 3.05) is 19.8 Å². The summed E-state index contributed by atoms with van der Waals surface area (Å²) in [5, 5.41) is 87.0. The predicted octanol–water partition coefficient (Wildman–Crippen LogP) is 8.61. The molecule has 14 nitrogen and oxygen atoms in total. The van der Waals surface area contributed by atoms with Gasteiger partial charge in [0.1, 0.15) is 48.8 Å². The molecule has 1 amide bonds. The number of allylic oxidation sites excluding steroid dienone is 9. The number of aliphatic hydroxyl groups excluding tert-OH is 8. The molecule has 0 aromatic heterocycles. The topological polar surface area (TPSA) is 228 Å². The summed E-state index contributed by atoms with van der Waals surface area (Å²) in [6.45, 7) is 2.67. The van der Waals surface area contributed by atoms with Crippen LogP contribution in [0.4, 0.5) is 0 Å². The molecule has 0 spiro atoms. The summed E-state index contributed by atoms with van der Waals surface area (Å²) >= 11 is 0. The maximum absolute atomic E-state index is 13.2. The maximum atomic E-state index is 13.2. The van der Waals surface area contributed by atoms with Gasteiger partial charge in [0.25, 0.3) is 0 Å². The quantitative estimate of drug-likeness (QED) is 0.0206. The van der Waals surface area contributed by atoms with Gasteiger partial charge in [0.05, 0.1) is 32.0 Å². The van der Waals surface area contributed by atoms with Crippen LogP contribution < -0.4 is 5.32 Å². The van der Waals surface area contributed by atoms with Crippen LogP contribution in [-0.2, 0) is 23.7 Å². The zero-order chi connectivity index (χ0) is 51.7. The first kappa shape index (κ1) is 64.8. The molecule has 412 valence electrons. The lowest BCUT2D eigenvalue weighted by molar-refractivity contribution is -0.359. The van der Waals surface area contributed by atoms with Crippen molar-refractivity contribution in [2.24, 2.45) is 0 Å². The van der Waals surface area contributed by atoms with Gasteiger partial charge in [0.2, 0.25) is 5.91 Å². The van der Waals surface area contributed by atoms with Crippen molar-refractivity contribution in [2.45, 2.75) is 274 Å². The smallest absolute Gasteiger partial charge is 0.220 e. The Kier molecular flexibility index (Phi) is 39.2. The van der Waals surface area contributed by atoms with Crippen LogP contribution in [0.5, 0.6) is 0 Å². The highest BCUT2D eigenvalue weighted by Crippen LogP contribution is 2.30. The van der Waals surface area contributed by atoms with Crippen molar-refractivity contribution in [3.63, 3.8) is 0 Å². The van der Waals surface area contributed by atoms with E-state index < -0.39 is 86.8 Å². The molecule has 2 saturated heterocycles. The van der Waals surface area contributed by atoms with Crippen LogP contribution in [0.2, 0.25) is 0 Å². The molecule has 2 aliphatic heterocycles. The molecular weight excluding hydrogens is 907 g/mol. The molecule has 2 rings (SSSR count). The van der Waals surface area contributed by atoms with Crippen molar-refractivity contribution in [3.05, 3.63) is 60.8 Å². The van der Waals surface area contributed by atoms with Gasteiger partial charge in [-0.15, -0.1) is 0 Å². The summed E-state index contributed by atoms with van der Waals surface area (Å²) < 4.78 is 22.7. The lowest BCUT2D eigenvalue weighted by Crippen LogP contribution is -2.65. The standard InChI is InChI=1S/C57H101NO13/c1-3-5-7-9-11-13-15-17-19-21-23-25-27-29-31-33-35-37-39-41-49(62)58-45(46(61)40-38-36-34-32-30-28-26-24-22-20-18-16-14-12-10-8-6-4-2)44-68-56-54(67)52(65)55(48(43-60)70-56)71-57-53(66)51(64)50(63)47(42-59)69-57/h5,7,11,13,17,19,23,25,38,40,45-48,50-57,59-61,63-67H,3-4,6,8-10,12,14-16,18,20-22,24,26-37,39,41-44H2,1-2H3,(H,58,62)/b7-5-,13-11-,19-17-,25-23-,40-38+. The highest BCUT2D eigenvalue weighted by Gasteiger charge is 2.51. The number of hydrogen-bond acceptors (Lipinski definition) is 13. The highest BCUT2D eigenvalue weighted by molar-refractivity contribution is 5.76. The van der Waals surface area contributed by atoms with Crippen LogP contribution in [0.1, 0.15) is 200 Å². The molecule has 71 heavy (non-hydrogen) atoms. The van der Waals surface area contributed by atoms with E-state index >= 15 is 0 Å². The van der Waals surface area contributed by atoms with Crippen LogP contribution >= 0.6 is 0 Å². The van der Waals surface area contributed by atoms with Crippen molar-refractivity contribution < 1.29 is 64.6 Å². The van der Waals surface area contributed by atoms with Crippen molar-refractivity contribution in [3.8, 4) is 0 Å². The molecule has 2 heterocycles. The minimum absolute atomic E-state index is 0.255. The second kappa shape index (κ2) is 43.0. The van der Waals surface area contributed by atoms with E-state index in [1.807, 2.05) is 6.08 Å². The Morgan fingerprint density at radius 3 is 1.49 bits per heavy atom. The number of ether oxygens (including phenoxy) is 4. The molecule has 9 N–H and O–H groups in total. The SMILES string of the molecule is CC/C=C\C/C=C\C/C=C\C/C=C\CCCCCCCCC(=O)NC(COC1OC(CO)C(OC2OC(CO)C(O)C(O)C2O)C(O)C1O)C(O)/C=C/CCCCCCCCCCCCCCCCCC. The number of aliphatic hydroxyl groups is 8. The molecule has 0 aliphatic carbocycles. The Morgan fingerprint density at radius 2 is 0.972 bits per heavy atom. The fourth-order valence-electron chi connectivity index (χ4n) is 8.93. The van der Waals surface area contributed by atoms with Crippen molar-refractivity contribution >= 4 is 5.91 Å². The largest absolute Gasteiger partial charge is 0.394 e. The normalized spacial score (nSPS) is 26.2. The third kappa shape index (κ3) is 29.4. The van der Waals surface area contributed by atoms with Crippen molar-refractivity contribution in [1.29, 1.82) is 0 Å². The average Bonchev–Trinajstić information content (AvgIpc) is 3.37. The van der Waals surface area contributed by atoms with Gasteiger partial charge in [0.15, 0.2) is 12.6 Å². The van der Waals surface area contributed by atoms with Crippen LogP contribution in [0.3, 0.4) is 0 Å². The summed E-state index contributed by atoms with van der Waals surface area (Å²) in [5.74, 6) is -0.255. The molecular formula is C57H101NO13. The van der Waals surface area contributed by atoms with Crippen LogP contribution in [0.15, 0.2) is 60.8 Å². The van der Waals surface area contributed by atoms with Gasteiger partial charge >= 0.3 is 0 Å². The predicted molar refractivity (Wildman–Crippen MR) is 281 cm³/mol. The van der Waals surface area contributed by atoms with Crippen LogP contribution in [0.25, 0.3) is 0 Å². The van der Waals surface area contributed by atoms with E-state index in [1.165, 1.54) is 89.9 Å². The van der Waals surface area contributed by atoms with E-state index in [9.17, 15) is 45.6 Å². The summed E-state index contributed by atoms with van der Waals surface area (Å²) in [6, 6.07) is -0.925. The zero-order valence-corrected chi connectivity index (χ0v) is 43.9. The molecule has 0 saturated carbocycles. The second-order valence-electron chi connectivity index (χ2n) is 19.7. The maximum Gasteiger partial charge on any atom is 0.220 e. The molecule has 0 radical (unpaired) electrons. The number of carbonyl (C=O) groups excluding carboxylic acids is 1. The third-order valence-corrected chi connectivity index (χ3v) is 13.5. The van der Waals surface area contributed by atoms with E-state index in [1.54, 1.807) is 6.08 Å². The highest BCUT2D eigenvalue weighted by atomic mass is 16.7. The Labute approximate surface area is 428 Å². The summed E-state index contributed by atoms with van der Waals surface area (Å²) in [5.41, 5.74) is 0. The van der Waals surface area contributed by atoms with Crippen molar-refractivity contribution in [1.82, 2.24) is 5.32 Å². The first-order chi connectivity index (χ1) is 34.6. The van der Waals surface area contributed by atoms with Crippen LogP contribution in [0, 0.1) is 0 Å². The van der Waals surface area contributed by atoms with E-state index in [0.29, 0.717) is 6.42 Å². The number of nitrogens with one attached hydrogen (secondary N) is 1. The summed E-state index contributed by atoms with van der Waals surface area (Å²) in [7, 11) is 0. The molecule has 2 fully saturated rings. The Hall–Kier alpha value is -2.31. The Balaban J connectivity index is 1.82. The number of rotatable bonds is 43. The zero-order valence-electron chi connectivity index (χ0n) is 43.9. The number of carbonyl (C=O) groups is 1. The summed E-state index contributed by atoms with van der Waals surface area (Å²) in [4.78, 5) is 13.2. The van der Waals surface area contributed by atoms with Gasteiger partial charge in [-0.05, 0) is 57.8 Å². The van der Waals surface area contributed by atoms with Gasteiger partial charge in [-0.25, -0.2) is 0 Å². The van der Waals surface area contributed by atoms with Crippen LogP contribution in [-0.4, -0.2) is 140 Å². The van der Waals surface area contributed by atoms with E-state index in [0.717, 1.165) is 83.5 Å². The Bertz CT molecular complexity index is 1420. The third-order valence-electron chi connectivity index (χ3n) is 13.5. The van der Waals surface area contributed by atoms with Gasteiger partial charge in [-0.2, -0.15) is 0 Å². The molecule has 12 atom stereocenters. The van der Waals surface area contributed by atoms with Gasteiger partial charge < -0.3 is 65.1 Å². The minimum Gasteiger partial charge on any atom is -0.394 e. The molecule has 0 aromatic carbocycles. The fraction of sp³-hybridized carbons (Fsp3) is 0.807. The molecule has 2 aliphatic rings. The van der Waals surface area contributed by atoms with E-state index in [-0.39, 0.29) is 18.9 Å². The minimum atomic E-state index is -1.79. The van der Waals surface area contributed by atoms with E-state index in [4.69, 9.17) is 18.9 Å². The van der Waals surface area contributed by atoms with Gasteiger partial charge in [-0.1, -0.05) is 197 Å². The second-order valence-corrected chi connectivity index (χ2v) is 19.7. The van der Waals surface area contributed by atoms with E-state index in [2.05, 4.69) is 67.8 Å². The fourth-order valence-corrected chi connectivity index (χ4v) is 8.93. The Morgan fingerprint density at radius 1 is 0.521 bits per heavy atom. The number of amides is 1. The number of hydrogen-bond donors (Lipinski definition) is 9. The van der Waals surface area contributed by atoms with Gasteiger partial charge in [-0.3, -0.25) is 4.79 Å². The lowest BCUT2D eigenvalue weighted by Gasteiger charge is -2.46. The monoisotopic (exact) mass is 1010 g/mol. The summed E-state index contributed by atoms with van der Waals surface area (Å²) in [6.07, 6.45) is 36.7. The lowest BCUT2D eigenvalue weighted by atomic mass is 9.97. The first-order valence-corrected chi connectivity index (χ1v) is 28.0. The van der Waals surface area contributed by atoms with Gasteiger partial charge in [0, 0.05) is 6.42 Å². The molecule has 14 heteroatoms. The molecule has 12 unspecified atom stereocenters. The molecule has 0 aromatic rings. The average molecular weight is 1010 g/mol. The molecule has 0 bridgehead atoms. The number of unbranched alkanes of at least 4 members (excludes halogenated alkanes) is 22. The first-order valence-electron chi connectivity index (χ1n) is 28.0.